The number of aliphatic hydroxyl groups excluding tert-OH is 1. The standard InChI is InChI=1S/C21H26O3/c1-16(2)19(22)14-20(23)21(13-17-9-5-3-6-10-17)24-15-18-11-7-4-8-12-18/h3-12,16,20-21,23H,13-15H2,1-2H3/t20-,21+/m0/s1. The van der Waals surface area contributed by atoms with Crippen molar-refractivity contribution in [3.8, 4) is 0 Å². The molecule has 128 valence electrons. The van der Waals surface area contributed by atoms with Gasteiger partial charge in [-0.25, -0.2) is 0 Å². The van der Waals surface area contributed by atoms with Crippen LogP contribution in [0.25, 0.3) is 0 Å². The summed E-state index contributed by atoms with van der Waals surface area (Å²) in [6, 6.07) is 19.8. The molecule has 2 aromatic carbocycles. The number of carbonyl (C=O) groups is 1. The molecule has 0 radical (unpaired) electrons. The minimum Gasteiger partial charge on any atom is -0.390 e. The van der Waals surface area contributed by atoms with Gasteiger partial charge in [0.15, 0.2) is 0 Å². The summed E-state index contributed by atoms with van der Waals surface area (Å²) in [7, 11) is 0. The van der Waals surface area contributed by atoms with Gasteiger partial charge in [-0.3, -0.25) is 4.79 Å². The van der Waals surface area contributed by atoms with Gasteiger partial charge in [-0.05, 0) is 11.1 Å². The van der Waals surface area contributed by atoms with Crippen molar-refractivity contribution < 1.29 is 14.6 Å². The lowest BCUT2D eigenvalue weighted by atomic mass is 9.96. The van der Waals surface area contributed by atoms with Crippen LogP contribution < -0.4 is 0 Å². The Morgan fingerprint density at radius 2 is 1.50 bits per heavy atom. The first-order valence-corrected chi connectivity index (χ1v) is 8.46. The lowest BCUT2D eigenvalue weighted by molar-refractivity contribution is -0.127. The van der Waals surface area contributed by atoms with E-state index in [1.807, 2.05) is 74.5 Å². The lowest BCUT2D eigenvalue weighted by Gasteiger charge is -2.24. The summed E-state index contributed by atoms with van der Waals surface area (Å²) in [5, 5.41) is 10.5. The number of aliphatic hydroxyl groups is 1. The minimum atomic E-state index is -0.802. The Bertz CT molecular complexity index is 607. The molecule has 0 aromatic heterocycles. The van der Waals surface area contributed by atoms with Crippen molar-refractivity contribution >= 4 is 5.78 Å². The van der Waals surface area contributed by atoms with Crippen LogP contribution in [-0.2, 0) is 22.6 Å². The third kappa shape index (κ3) is 5.91. The zero-order valence-corrected chi connectivity index (χ0v) is 14.4. The van der Waals surface area contributed by atoms with Crippen LogP contribution >= 0.6 is 0 Å². The molecule has 0 saturated carbocycles. The highest BCUT2D eigenvalue weighted by Gasteiger charge is 2.24. The van der Waals surface area contributed by atoms with Crippen molar-refractivity contribution in [1.82, 2.24) is 0 Å². The fourth-order valence-electron chi connectivity index (χ4n) is 2.50. The highest BCUT2D eigenvalue weighted by Crippen LogP contribution is 2.16. The maximum absolute atomic E-state index is 12.0. The molecule has 0 saturated heterocycles. The molecule has 0 unspecified atom stereocenters. The summed E-state index contributed by atoms with van der Waals surface area (Å²) >= 11 is 0. The van der Waals surface area contributed by atoms with Crippen LogP contribution in [-0.4, -0.2) is 23.1 Å². The zero-order valence-electron chi connectivity index (χ0n) is 14.4. The van der Waals surface area contributed by atoms with Crippen LogP contribution in [0.4, 0.5) is 0 Å². The zero-order chi connectivity index (χ0) is 17.4. The molecule has 1 N–H and O–H groups in total. The van der Waals surface area contributed by atoms with E-state index in [1.54, 1.807) is 0 Å². The Balaban J connectivity index is 2.03. The molecule has 0 amide bonds. The highest BCUT2D eigenvalue weighted by atomic mass is 16.5. The van der Waals surface area contributed by atoms with Crippen LogP contribution in [0.3, 0.4) is 0 Å². The van der Waals surface area contributed by atoms with Crippen LogP contribution in [0, 0.1) is 5.92 Å². The van der Waals surface area contributed by atoms with E-state index in [0.717, 1.165) is 11.1 Å². The predicted octanol–water partition coefficient (Wildman–Crippen LogP) is 3.79. The second-order valence-electron chi connectivity index (χ2n) is 6.42. The molecule has 0 fully saturated rings. The molecule has 0 bridgehead atoms. The van der Waals surface area contributed by atoms with Crippen molar-refractivity contribution in [3.05, 3.63) is 71.8 Å². The molecule has 0 aliphatic carbocycles. The van der Waals surface area contributed by atoms with Crippen molar-refractivity contribution in [2.45, 2.75) is 45.5 Å². The number of Topliss-reactive ketones (excluding diaryl/α,β-unsaturated/α-hetero) is 1. The van der Waals surface area contributed by atoms with E-state index in [9.17, 15) is 9.90 Å². The van der Waals surface area contributed by atoms with Gasteiger partial charge in [-0.1, -0.05) is 74.5 Å². The topological polar surface area (TPSA) is 46.5 Å². The van der Waals surface area contributed by atoms with Gasteiger partial charge in [0, 0.05) is 18.8 Å². The maximum Gasteiger partial charge on any atom is 0.138 e. The van der Waals surface area contributed by atoms with E-state index in [0.29, 0.717) is 13.0 Å². The molecule has 24 heavy (non-hydrogen) atoms. The maximum atomic E-state index is 12.0. The van der Waals surface area contributed by atoms with Gasteiger partial charge in [0.05, 0.1) is 18.8 Å². The van der Waals surface area contributed by atoms with Crippen molar-refractivity contribution in [3.63, 3.8) is 0 Å². The highest BCUT2D eigenvalue weighted by molar-refractivity contribution is 5.80. The summed E-state index contributed by atoms with van der Waals surface area (Å²) < 4.78 is 5.97. The average molecular weight is 326 g/mol. The van der Waals surface area contributed by atoms with E-state index in [1.165, 1.54) is 0 Å². The summed E-state index contributed by atoms with van der Waals surface area (Å²) in [5.41, 5.74) is 2.14. The first kappa shape index (κ1) is 18.4. The Hall–Kier alpha value is -1.97. The number of ether oxygens (including phenoxy) is 1. The molecule has 0 heterocycles. The third-order valence-corrected chi connectivity index (χ3v) is 4.07. The van der Waals surface area contributed by atoms with Gasteiger partial charge < -0.3 is 9.84 Å². The number of ketones is 1. The van der Waals surface area contributed by atoms with E-state index in [4.69, 9.17) is 4.74 Å². The largest absolute Gasteiger partial charge is 0.390 e. The van der Waals surface area contributed by atoms with E-state index < -0.39 is 12.2 Å². The molecule has 2 aromatic rings. The van der Waals surface area contributed by atoms with Gasteiger partial charge in [0.2, 0.25) is 0 Å². The first-order chi connectivity index (χ1) is 11.6. The van der Waals surface area contributed by atoms with Crippen LogP contribution in [0.2, 0.25) is 0 Å². The second kappa shape index (κ2) is 9.36. The molecule has 2 rings (SSSR count). The number of hydrogen-bond donors (Lipinski definition) is 1. The smallest absolute Gasteiger partial charge is 0.138 e. The summed E-state index contributed by atoms with van der Waals surface area (Å²) in [4.78, 5) is 12.0. The molecule has 0 aliphatic rings. The quantitative estimate of drug-likeness (QED) is 0.762. The fourth-order valence-corrected chi connectivity index (χ4v) is 2.50. The molecular formula is C21H26O3. The van der Waals surface area contributed by atoms with Crippen LogP contribution in [0.1, 0.15) is 31.4 Å². The molecule has 3 heteroatoms. The van der Waals surface area contributed by atoms with E-state index >= 15 is 0 Å². The monoisotopic (exact) mass is 326 g/mol. The number of rotatable bonds is 9. The van der Waals surface area contributed by atoms with Gasteiger partial charge in [0.25, 0.3) is 0 Å². The van der Waals surface area contributed by atoms with Gasteiger partial charge in [0.1, 0.15) is 5.78 Å². The Morgan fingerprint density at radius 1 is 0.958 bits per heavy atom. The second-order valence-corrected chi connectivity index (χ2v) is 6.42. The number of carbonyl (C=O) groups excluding carboxylic acids is 1. The van der Waals surface area contributed by atoms with Crippen molar-refractivity contribution in [2.75, 3.05) is 0 Å². The molecule has 3 nitrogen and oxygen atoms in total. The summed E-state index contributed by atoms with van der Waals surface area (Å²) in [5.74, 6) is -0.0185. The van der Waals surface area contributed by atoms with Crippen molar-refractivity contribution in [1.29, 1.82) is 0 Å². The number of hydrogen-bond acceptors (Lipinski definition) is 3. The molecule has 0 aliphatic heterocycles. The predicted molar refractivity (Wildman–Crippen MR) is 95.6 cm³/mol. The average Bonchev–Trinajstić information content (AvgIpc) is 2.60. The summed E-state index contributed by atoms with van der Waals surface area (Å²) in [6.07, 6.45) is -0.497. The van der Waals surface area contributed by atoms with Gasteiger partial charge in [-0.15, -0.1) is 0 Å². The first-order valence-electron chi connectivity index (χ1n) is 8.46. The Labute approximate surface area is 144 Å². The normalized spacial score (nSPS) is 13.7. The molecular weight excluding hydrogens is 300 g/mol. The van der Waals surface area contributed by atoms with Crippen LogP contribution in [0.5, 0.6) is 0 Å². The molecule has 2 atom stereocenters. The fraction of sp³-hybridized carbons (Fsp3) is 0.381. The Morgan fingerprint density at radius 3 is 2.04 bits per heavy atom. The third-order valence-electron chi connectivity index (χ3n) is 4.07. The summed E-state index contributed by atoms with van der Waals surface area (Å²) in [6.45, 7) is 4.13. The van der Waals surface area contributed by atoms with Gasteiger partial charge >= 0.3 is 0 Å². The molecule has 0 spiro atoms. The lowest BCUT2D eigenvalue weighted by Crippen LogP contribution is -2.34. The minimum absolute atomic E-state index is 0.0591. The number of benzene rings is 2. The van der Waals surface area contributed by atoms with Crippen LogP contribution in [0.15, 0.2) is 60.7 Å². The van der Waals surface area contributed by atoms with Gasteiger partial charge in [-0.2, -0.15) is 0 Å². The van der Waals surface area contributed by atoms with Crippen molar-refractivity contribution in [2.24, 2.45) is 5.92 Å². The SMILES string of the molecule is CC(C)C(=O)C[C@H](O)[C@@H](Cc1ccccc1)OCc1ccccc1. The van der Waals surface area contributed by atoms with E-state index in [-0.39, 0.29) is 18.1 Å². The van der Waals surface area contributed by atoms with E-state index in [2.05, 4.69) is 0 Å². The Kier molecular flexibility index (Phi) is 7.16.